The number of aromatic nitrogens is 2. The van der Waals surface area contributed by atoms with E-state index in [4.69, 9.17) is 0 Å². The summed E-state index contributed by atoms with van der Waals surface area (Å²) >= 11 is 3.43. The topological polar surface area (TPSA) is 41.1 Å². The first kappa shape index (κ1) is 12.5. The lowest BCUT2D eigenvalue weighted by Gasteiger charge is -2.14. The van der Waals surface area contributed by atoms with Gasteiger partial charge in [0.25, 0.3) is 0 Å². The summed E-state index contributed by atoms with van der Waals surface area (Å²) in [5.74, 6) is 0. The molecule has 2 rings (SSSR count). The van der Waals surface area contributed by atoms with Gasteiger partial charge < -0.3 is 10.2 Å². The second kappa shape index (κ2) is 5.57. The van der Waals surface area contributed by atoms with E-state index in [2.05, 4.69) is 27.2 Å². The lowest BCUT2D eigenvalue weighted by molar-refractivity contribution is 0.829. The third kappa shape index (κ3) is 3.02. The van der Waals surface area contributed by atoms with E-state index in [0.717, 1.165) is 23.9 Å². The smallest absolute Gasteiger partial charge is 0.185 e. The first-order chi connectivity index (χ1) is 8.20. The van der Waals surface area contributed by atoms with Crippen LogP contribution in [-0.4, -0.2) is 24.1 Å². The maximum Gasteiger partial charge on any atom is 0.185 e. The van der Waals surface area contributed by atoms with E-state index in [-0.39, 0.29) is 0 Å². The monoisotopic (exact) mass is 268 g/mol. The molecular formula is C11H16N4S2. The van der Waals surface area contributed by atoms with Gasteiger partial charge in [-0.25, -0.2) is 9.97 Å². The highest BCUT2D eigenvalue weighted by Gasteiger charge is 2.10. The molecule has 92 valence electrons. The molecule has 2 aromatic heterocycles. The van der Waals surface area contributed by atoms with Crippen LogP contribution in [0.3, 0.4) is 0 Å². The van der Waals surface area contributed by atoms with Gasteiger partial charge in [-0.15, -0.1) is 22.7 Å². The van der Waals surface area contributed by atoms with Crippen molar-refractivity contribution in [2.24, 2.45) is 0 Å². The van der Waals surface area contributed by atoms with Crippen LogP contribution in [0.25, 0.3) is 0 Å². The Morgan fingerprint density at radius 1 is 1.41 bits per heavy atom. The predicted molar refractivity (Wildman–Crippen MR) is 73.8 cm³/mol. The number of hydrogen-bond donors (Lipinski definition) is 1. The summed E-state index contributed by atoms with van der Waals surface area (Å²) in [5.41, 5.74) is 3.01. The molecule has 4 nitrogen and oxygen atoms in total. The normalized spacial score (nSPS) is 10.8. The van der Waals surface area contributed by atoms with E-state index >= 15 is 0 Å². The first-order valence-electron chi connectivity index (χ1n) is 5.40. The van der Waals surface area contributed by atoms with Gasteiger partial charge in [-0.2, -0.15) is 0 Å². The second-order valence-corrected chi connectivity index (χ2v) is 5.89. The molecule has 0 aliphatic rings. The van der Waals surface area contributed by atoms with E-state index in [1.165, 1.54) is 9.75 Å². The van der Waals surface area contributed by atoms with Crippen LogP contribution in [0.5, 0.6) is 0 Å². The summed E-state index contributed by atoms with van der Waals surface area (Å²) in [4.78, 5) is 13.4. The molecule has 0 bridgehead atoms. The number of rotatable bonds is 5. The molecule has 0 amide bonds. The Kier molecular flexibility index (Phi) is 4.09. The maximum atomic E-state index is 4.43. The van der Waals surface area contributed by atoms with Crippen molar-refractivity contribution in [1.29, 1.82) is 0 Å². The molecule has 2 heterocycles. The SMILES string of the molecule is CNCc1cnc(N(C)Cc2scnc2C)s1. The summed E-state index contributed by atoms with van der Waals surface area (Å²) < 4.78 is 0. The Labute approximate surface area is 109 Å². The van der Waals surface area contributed by atoms with Crippen molar-refractivity contribution >= 4 is 27.8 Å². The van der Waals surface area contributed by atoms with Gasteiger partial charge in [0.1, 0.15) is 0 Å². The fourth-order valence-electron chi connectivity index (χ4n) is 1.49. The molecule has 2 aromatic rings. The molecular weight excluding hydrogens is 252 g/mol. The quantitative estimate of drug-likeness (QED) is 0.903. The molecule has 0 aliphatic carbocycles. The highest BCUT2D eigenvalue weighted by atomic mass is 32.1. The van der Waals surface area contributed by atoms with Crippen molar-refractivity contribution in [3.63, 3.8) is 0 Å². The molecule has 0 fully saturated rings. The average molecular weight is 268 g/mol. The van der Waals surface area contributed by atoms with Crippen LogP contribution in [0.1, 0.15) is 15.4 Å². The van der Waals surface area contributed by atoms with E-state index in [0.29, 0.717) is 0 Å². The third-order valence-electron chi connectivity index (χ3n) is 2.44. The molecule has 0 spiro atoms. The summed E-state index contributed by atoms with van der Waals surface area (Å²) in [6.07, 6.45) is 1.94. The van der Waals surface area contributed by atoms with Gasteiger partial charge in [0, 0.05) is 29.5 Å². The standard InChI is InChI=1S/C11H16N4S2/c1-8-10(16-7-14-8)6-15(3)11-13-5-9(17-11)4-12-2/h5,7,12H,4,6H2,1-3H3. The van der Waals surface area contributed by atoms with Crippen LogP contribution in [0, 0.1) is 6.92 Å². The number of thiazole rings is 2. The van der Waals surface area contributed by atoms with Gasteiger partial charge in [-0.1, -0.05) is 0 Å². The zero-order valence-corrected chi connectivity index (χ0v) is 11.9. The van der Waals surface area contributed by atoms with Crippen LogP contribution in [0.4, 0.5) is 5.13 Å². The molecule has 0 unspecified atom stereocenters. The fraction of sp³-hybridized carbons (Fsp3) is 0.455. The molecule has 17 heavy (non-hydrogen) atoms. The van der Waals surface area contributed by atoms with Crippen molar-refractivity contribution < 1.29 is 0 Å². The summed E-state index contributed by atoms with van der Waals surface area (Å²) in [7, 11) is 4.02. The largest absolute Gasteiger partial charge is 0.346 e. The minimum absolute atomic E-state index is 0.878. The molecule has 6 heteroatoms. The maximum absolute atomic E-state index is 4.43. The number of nitrogens with one attached hydrogen (secondary N) is 1. The van der Waals surface area contributed by atoms with Crippen LogP contribution in [-0.2, 0) is 13.1 Å². The van der Waals surface area contributed by atoms with Crippen molar-refractivity contribution in [2.75, 3.05) is 19.0 Å². The third-order valence-corrected chi connectivity index (χ3v) is 4.48. The molecule has 0 saturated heterocycles. The molecule has 1 N–H and O–H groups in total. The van der Waals surface area contributed by atoms with Crippen LogP contribution in [0.15, 0.2) is 11.7 Å². The highest BCUT2D eigenvalue weighted by Crippen LogP contribution is 2.24. The highest BCUT2D eigenvalue weighted by molar-refractivity contribution is 7.15. The molecule has 0 aliphatic heterocycles. The molecule has 0 radical (unpaired) electrons. The summed E-state index contributed by atoms with van der Waals surface area (Å²) in [6.45, 7) is 3.81. The van der Waals surface area contributed by atoms with E-state index in [1.54, 1.807) is 22.7 Å². The van der Waals surface area contributed by atoms with Crippen LogP contribution in [0.2, 0.25) is 0 Å². The molecule has 0 atom stereocenters. The van der Waals surface area contributed by atoms with E-state index in [9.17, 15) is 0 Å². The van der Waals surface area contributed by atoms with Gasteiger partial charge in [-0.05, 0) is 14.0 Å². The van der Waals surface area contributed by atoms with Gasteiger partial charge in [0.05, 0.1) is 17.7 Å². The zero-order chi connectivity index (χ0) is 12.3. The van der Waals surface area contributed by atoms with Gasteiger partial charge in [0.2, 0.25) is 0 Å². The Bertz CT molecular complexity index is 477. The Morgan fingerprint density at radius 3 is 2.88 bits per heavy atom. The molecule has 0 aromatic carbocycles. The summed E-state index contributed by atoms with van der Waals surface area (Å²) in [6, 6.07) is 0. The summed E-state index contributed by atoms with van der Waals surface area (Å²) in [5, 5.41) is 4.19. The average Bonchev–Trinajstić information content (AvgIpc) is 2.90. The first-order valence-corrected chi connectivity index (χ1v) is 7.09. The lowest BCUT2D eigenvalue weighted by Crippen LogP contribution is -2.15. The number of nitrogens with zero attached hydrogens (tertiary/aromatic N) is 3. The number of hydrogen-bond acceptors (Lipinski definition) is 6. The van der Waals surface area contributed by atoms with Gasteiger partial charge >= 0.3 is 0 Å². The number of aryl methyl sites for hydroxylation is 1. The number of anilines is 1. The Morgan fingerprint density at radius 2 is 2.24 bits per heavy atom. The van der Waals surface area contributed by atoms with Crippen molar-refractivity contribution in [1.82, 2.24) is 15.3 Å². The van der Waals surface area contributed by atoms with E-state index < -0.39 is 0 Å². The zero-order valence-electron chi connectivity index (χ0n) is 10.2. The van der Waals surface area contributed by atoms with E-state index in [1.807, 2.05) is 25.7 Å². The van der Waals surface area contributed by atoms with Gasteiger partial charge in [0.15, 0.2) is 5.13 Å². The van der Waals surface area contributed by atoms with Crippen molar-refractivity contribution in [2.45, 2.75) is 20.0 Å². The fourth-order valence-corrected chi connectivity index (χ4v) is 3.20. The minimum atomic E-state index is 0.878. The molecule has 0 saturated carbocycles. The second-order valence-electron chi connectivity index (χ2n) is 3.86. The van der Waals surface area contributed by atoms with Crippen LogP contribution < -0.4 is 10.2 Å². The Hall–Kier alpha value is -0.980. The Balaban J connectivity index is 2.04. The van der Waals surface area contributed by atoms with Crippen LogP contribution >= 0.6 is 22.7 Å². The van der Waals surface area contributed by atoms with Crippen molar-refractivity contribution in [3.8, 4) is 0 Å². The van der Waals surface area contributed by atoms with Gasteiger partial charge in [-0.3, -0.25) is 0 Å². The predicted octanol–water partition coefficient (Wildman–Crippen LogP) is 2.26. The van der Waals surface area contributed by atoms with Crippen molar-refractivity contribution in [3.05, 3.63) is 27.2 Å². The minimum Gasteiger partial charge on any atom is -0.346 e. The lowest BCUT2D eigenvalue weighted by atomic mass is 10.4.